The molecule has 1 aromatic rings. The number of nitrogens with zero attached hydrogens (tertiary/aromatic N) is 1. The molecule has 0 spiro atoms. The molecule has 6 nitrogen and oxygen atoms in total. The molecular weight excluding hydrogens is 304 g/mol. The Morgan fingerprint density at radius 2 is 2.15 bits per heavy atom. The van der Waals surface area contributed by atoms with Gasteiger partial charge < -0.3 is 9.64 Å². The van der Waals surface area contributed by atoms with Gasteiger partial charge in [-0.05, 0) is 25.1 Å². The molecule has 110 valence electrons. The molecule has 1 aromatic carbocycles. The summed E-state index contributed by atoms with van der Waals surface area (Å²) in [5, 5.41) is 5.24. The topological polar surface area (TPSA) is 89.7 Å². The molecule has 0 bridgehead atoms. The Morgan fingerprint density at radius 1 is 1.50 bits per heavy atom. The lowest BCUT2D eigenvalue weighted by Gasteiger charge is -2.38. The SMILES string of the molecule is CCOC1CN(C(=O)c2cc(S(N)(=O)=O)ccc2Cl)C1. The maximum Gasteiger partial charge on any atom is 0.255 e. The van der Waals surface area contributed by atoms with Crippen LogP contribution in [0.4, 0.5) is 0 Å². The summed E-state index contributed by atoms with van der Waals surface area (Å²) in [7, 11) is -3.86. The van der Waals surface area contributed by atoms with Crippen LogP contribution in [0.2, 0.25) is 5.02 Å². The number of amides is 1. The number of hydrogen-bond acceptors (Lipinski definition) is 4. The molecule has 8 heteroatoms. The number of likely N-dealkylation sites (tertiary alicyclic amines) is 1. The van der Waals surface area contributed by atoms with Crippen LogP contribution in [0.5, 0.6) is 0 Å². The summed E-state index contributed by atoms with van der Waals surface area (Å²) in [6.45, 7) is 3.43. The Kier molecular flexibility index (Phi) is 4.33. The number of primary sulfonamides is 1. The van der Waals surface area contributed by atoms with Crippen molar-refractivity contribution >= 4 is 27.5 Å². The van der Waals surface area contributed by atoms with Crippen LogP contribution in [0.1, 0.15) is 17.3 Å². The maximum absolute atomic E-state index is 12.2. The lowest BCUT2D eigenvalue weighted by molar-refractivity contribution is -0.0378. The molecule has 1 fully saturated rings. The third-order valence-corrected chi connectivity index (χ3v) is 4.27. The summed E-state index contributed by atoms with van der Waals surface area (Å²) in [4.78, 5) is 13.6. The maximum atomic E-state index is 12.2. The molecule has 1 aliphatic heterocycles. The molecule has 1 heterocycles. The molecule has 1 amide bonds. The van der Waals surface area contributed by atoms with E-state index >= 15 is 0 Å². The van der Waals surface area contributed by atoms with E-state index in [0.29, 0.717) is 19.7 Å². The first-order valence-electron chi connectivity index (χ1n) is 6.06. The number of carbonyl (C=O) groups excluding carboxylic acids is 1. The zero-order valence-electron chi connectivity index (χ0n) is 10.9. The van der Waals surface area contributed by atoms with Crippen LogP contribution >= 0.6 is 11.6 Å². The van der Waals surface area contributed by atoms with E-state index in [9.17, 15) is 13.2 Å². The molecule has 20 heavy (non-hydrogen) atoms. The second kappa shape index (κ2) is 5.69. The first-order chi connectivity index (χ1) is 9.32. The molecule has 0 radical (unpaired) electrons. The standard InChI is InChI=1S/C12H15ClN2O4S/c1-2-19-8-6-15(7-8)12(16)10-5-9(20(14,17)18)3-4-11(10)13/h3-5,8H,2,6-7H2,1H3,(H2,14,17,18). The highest BCUT2D eigenvalue weighted by atomic mass is 35.5. The van der Waals surface area contributed by atoms with Gasteiger partial charge in [-0.2, -0.15) is 0 Å². The Bertz CT molecular complexity index is 626. The number of rotatable bonds is 4. The van der Waals surface area contributed by atoms with Crippen molar-refractivity contribution in [3.8, 4) is 0 Å². The molecule has 2 N–H and O–H groups in total. The van der Waals surface area contributed by atoms with Gasteiger partial charge in [-0.25, -0.2) is 13.6 Å². The third-order valence-electron chi connectivity index (χ3n) is 3.03. The van der Waals surface area contributed by atoms with Crippen molar-refractivity contribution in [3.05, 3.63) is 28.8 Å². The molecule has 0 unspecified atom stereocenters. The van der Waals surface area contributed by atoms with E-state index in [-0.39, 0.29) is 27.5 Å². The van der Waals surface area contributed by atoms with Gasteiger partial charge in [0.25, 0.3) is 5.91 Å². The zero-order chi connectivity index (χ0) is 14.9. The van der Waals surface area contributed by atoms with Crippen molar-refractivity contribution in [2.45, 2.75) is 17.9 Å². The van der Waals surface area contributed by atoms with Gasteiger partial charge in [0.05, 0.1) is 21.6 Å². The number of halogens is 1. The fraction of sp³-hybridized carbons (Fsp3) is 0.417. The van der Waals surface area contributed by atoms with Gasteiger partial charge in [-0.3, -0.25) is 4.79 Å². The van der Waals surface area contributed by atoms with Crippen molar-refractivity contribution in [2.24, 2.45) is 5.14 Å². The minimum atomic E-state index is -3.86. The zero-order valence-corrected chi connectivity index (χ0v) is 12.4. The molecular formula is C12H15ClN2O4S. The molecule has 0 aromatic heterocycles. The normalized spacial score (nSPS) is 16.1. The van der Waals surface area contributed by atoms with Crippen LogP contribution in [0.3, 0.4) is 0 Å². The van der Waals surface area contributed by atoms with Gasteiger partial charge in [0, 0.05) is 19.7 Å². The number of nitrogens with two attached hydrogens (primary N) is 1. The lowest BCUT2D eigenvalue weighted by Crippen LogP contribution is -2.54. The largest absolute Gasteiger partial charge is 0.375 e. The molecule has 0 aliphatic carbocycles. The minimum absolute atomic E-state index is 0.0316. The predicted molar refractivity (Wildman–Crippen MR) is 74.1 cm³/mol. The highest BCUT2D eigenvalue weighted by Crippen LogP contribution is 2.24. The summed E-state index contributed by atoms with van der Waals surface area (Å²) in [5.41, 5.74) is 0.133. The number of ether oxygens (including phenoxy) is 1. The van der Waals surface area contributed by atoms with Gasteiger partial charge in [-0.15, -0.1) is 0 Å². The molecule has 2 rings (SSSR count). The fourth-order valence-electron chi connectivity index (χ4n) is 1.96. The summed E-state index contributed by atoms with van der Waals surface area (Å²) in [6, 6.07) is 3.83. The van der Waals surface area contributed by atoms with Crippen LogP contribution < -0.4 is 5.14 Å². The average molecular weight is 319 g/mol. The van der Waals surface area contributed by atoms with Crippen LogP contribution in [0.15, 0.2) is 23.1 Å². The Balaban J connectivity index is 2.19. The number of carbonyl (C=O) groups is 1. The van der Waals surface area contributed by atoms with Crippen LogP contribution in [0, 0.1) is 0 Å². The lowest BCUT2D eigenvalue weighted by atomic mass is 10.1. The predicted octanol–water partition coefficient (Wildman–Crippen LogP) is 0.848. The first kappa shape index (κ1) is 15.2. The van der Waals surface area contributed by atoms with Crippen LogP contribution in [0.25, 0.3) is 0 Å². The highest BCUT2D eigenvalue weighted by Gasteiger charge is 2.32. The molecule has 1 saturated heterocycles. The Hall–Kier alpha value is -1.15. The smallest absolute Gasteiger partial charge is 0.255 e. The summed E-state index contributed by atoms with van der Waals surface area (Å²) < 4.78 is 28.0. The Morgan fingerprint density at radius 3 is 2.70 bits per heavy atom. The monoisotopic (exact) mass is 318 g/mol. The number of benzene rings is 1. The Labute approximate surface area is 122 Å². The second-order valence-corrected chi connectivity index (χ2v) is 6.44. The molecule has 1 aliphatic rings. The third kappa shape index (κ3) is 3.12. The van der Waals surface area contributed by atoms with Gasteiger partial charge in [0.1, 0.15) is 0 Å². The van der Waals surface area contributed by atoms with Gasteiger partial charge >= 0.3 is 0 Å². The van der Waals surface area contributed by atoms with Crippen molar-refractivity contribution in [3.63, 3.8) is 0 Å². The minimum Gasteiger partial charge on any atom is -0.375 e. The second-order valence-electron chi connectivity index (χ2n) is 4.47. The summed E-state index contributed by atoms with van der Waals surface area (Å²) in [5.74, 6) is -0.323. The van der Waals surface area contributed by atoms with Gasteiger partial charge in [0.15, 0.2) is 0 Å². The van der Waals surface area contributed by atoms with Crippen molar-refractivity contribution < 1.29 is 17.9 Å². The van der Waals surface area contributed by atoms with E-state index in [4.69, 9.17) is 21.5 Å². The molecule has 0 atom stereocenters. The quantitative estimate of drug-likeness (QED) is 0.891. The van der Waals surface area contributed by atoms with Crippen molar-refractivity contribution in [1.29, 1.82) is 0 Å². The van der Waals surface area contributed by atoms with E-state index < -0.39 is 10.0 Å². The van der Waals surface area contributed by atoms with Crippen molar-refractivity contribution in [1.82, 2.24) is 4.90 Å². The van der Waals surface area contributed by atoms with Crippen molar-refractivity contribution in [2.75, 3.05) is 19.7 Å². The van der Waals surface area contributed by atoms with E-state index in [0.717, 1.165) is 0 Å². The average Bonchev–Trinajstić information content (AvgIpc) is 2.31. The summed E-state index contributed by atoms with van der Waals surface area (Å²) >= 11 is 5.95. The van der Waals surface area contributed by atoms with Crippen LogP contribution in [-0.2, 0) is 14.8 Å². The molecule has 0 saturated carbocycles. The number of sulfonamides is 1. The van der Waals surface area contributed by atoms with Gasteiger partial charge in [-0.1, -0.05) is 11.6 Å². The fourth-order valence-corrected chi connectivity index (χ4v) is 2.70. The van der Waals surface area contributed by atoms with Crippen LogP contribution in [-0.4, -0.2) is 45.0 Å². The highest BCUT2D eigenvalue weighted by molar-refractivity contribution is 7.89. The summed E-state index contributed by atoms with van der Waals surface area (Å²) in [6.07, 6.45) is 0.0316. The van der Waals surface area contributed by atoms with E-state index in [2.05, 4.69) is 0 Å². The number of hydrogen-bond donors (Lipinski definition) is 1. The van der Waals surface area contributed by atoms with Gasteiger partial charge in [0.2, 0.25) is 10.0 Å². The van der Waals surface area contributed by atoms with E-state index in [1.807, 2.05) is 6.92 Å². The van der Waals surface area contributed by atoms with E-state index in [1.54, 1.807) is 4.90 Å². The first-order valence-corrected chi connectivity index (χ1v) is 7.98. The van der Waals surface area contributed by atoms with E-state index in [1.165, 1.54) is 18.2 Å².